The first-order valence-corrected chi connectivity index (χ1v) is 7.83. The number of ether oxygens (including phenoxy) is 1. The Labute approximate surface area is 144 Å². The van der Waals surface area contributed by atoms with Gasteiger partial charge >= 0.3 is 11.7 Å². The highest BCUT2D eigenvalue weighted by Gasteiger charge is 2.16. The van der Waals surface area contributed by atoms with Crippen molar-refractivity contribution in [1.82, 2.24) is 29.6 Å². The number of benzene rings is 1. The van der Waals surface area contributed by atoms with Crippen LogP contribution in [-0.4, -0.2) is 35.5 Å². The zero-order valence-electron chi connectivity index (χ0n) is 12.9. The topological polar surface area (TPSA) is 96.8 Å². The zero-order chi connectivity index (χ0) is 17.3. The molecule has 0 aliphatic rings. The molecule has 0 amide bonds. The van der Waals surface area contributed by atoms with Gasteiger partial charge in [-0.25, -0.2) is 14.3 Å². The highest BCUT2D eigenvalue weighted by atomic mass is 79.9. The van der Waals surface area contributed by atoms with Crippen molar-refractivity contribution in [2.45, 2.75) is 13.5 Å². The van der Waals surface area contributed by atoms with Gasteiger partial charge < -0.3 is 4.74 Å². The molecule has 2 heterocycles. The third-order valence-electron chi connectivity index (χ3n) is 3.33. The quantitative estimate of drug-likeness (QED) is 0.618. The molecule has 0 radical (unpaired) electrons. The van der Waals surface area contributed by atoms with Gasteiger partial charge in [-0.05, 0) is 51.5 Å². The third kappa shape index (κ3) is 2.87. The van der Waals surface area contributed by atoms with E-state index in [0.717, 1.165) is 4.68 Å². The summed E-state index contributed by atoms with van der Waals surface area (Å²) in [7, 11) is 1.67. The van der Waals surface area contributed by atoms with Crippen molar-refractivity contribution in [2.24, 2.45) is 7.05 Å². The van der Waals surface area contributed by atoms with Crippen molar-refractivity contribution >= 4 is 21.9 Å². The lowest BCUT2D eigenvalue weighted by Crippen LogP contribution is -2.23. The van der Waals surface area contributed by atoms with E-state index in [9.17, 15) is 9.59 Å². The minimum atomic E-state index is -0.540. The Morgan fingerprint density at radius 1 is 1.29 bits per heavy atom. The van der Waals surface area contributed by atoms with Gasteiger partial charge in [-0.15, -0.1) is 0 Å². The van der Waals surface area contributed by atoms with Crippen LogP contribution in [0.5, 0.6) is 5.88 Å². The molecular formula is C14H13BrN6O3. The second kappa shape index (κ2) is 6.40. The number of aromatic nitrogens is 6. The molecule has 10 heteroatoms. The first kappa shape index (κ1) is 16.1. The average Bonchev–Trinajstić information content (AvgIpc) is 3.13. The number of esters is 1. The number of hydrogen-bond donors (Lipinski definition) is 0. The number of hydrogen-bond acceptors (Lipinski definition) is 6. The maximum absolute atomic E-state index is 12.3. The number of rotatable bonds is 4. The van der Waals surface area contributed by atoms with Crippen LogP contribution in [0.15, 0.2) is 39.7 Å². The fourth-order valence-corrected chi connectivity index (χ4v) is 2.58. The molecule has 0 aliphatic carbocycles. The van der Waals surface area contributed by atoms with E-state index < -0.39 is 5.97 Å². The lowest BCUT2D eigenvalue weighted by molar-refractivity contribution is 0.0719. The maximum atomic E-state index is 12.3. The van der Waals surface area contributed by atoms with Gasteiger partial charge in [0.25, 0.3) is 0 Å². The lowest BCUT2D eigenvalue weighted by atomic mass is 10.2. The zero-order valence-corrected chi connectivity index (χ0v) is 14.5. The number of halogens is 1. The highest BCUT2D eigenvalue weighted by Crippen LogP contribution is 2.22. The molecule has 0 bridgehead atoms. The van der Waals surface area contributed by atoms with Crippen LogP contribution in [0.25, 0.3) is 5.69 Å². The summed E-state index contributed by atoms with van der Waals surface area (Å²) in [4.78, 5) is 24.3. The summed E-state index contributed by atoms with van der Waals surface area (Å²) in [6.07, 6.45) is 1.53. The van der Waals surface area contributed by atoms with Crippen molar-refractivity contribution in [2.75, 3.05) is 0 Å². The monoisotopic (exact) mass is 392 g/mol. The summed E-state index contributed by atoms with van der Waals surface area (Å²) in [5, 5.41) is 11.5. The summed E-state index contributed by atoms with van der Waals surface area (Å²) in [6, 6.07) is 6.34. The molecule has 0 N–H and O–H groups in total. The second-order valence-corrected chi connectivity index (χ2v) is 5.69. The van der Waals surface area contributed by atoms with Gasteiger partial charge in [-0.2, -0.15) is 14.5 Å². The molecule has 3 rings (SSSR count). The summed E-state index contributed by atoms with van der Waals surface area (Å²) >= 11 is 3.32. The predicted molar refractivity (Wildman–Crippen MR) is 87.2 cm³/mol. The van der Waals surface area contributed by atoms with Gasteiger partial charge in [-0.1, -0.05) is 0 Å². The molecule has 0 aliphatic heterocycles. The van der Waals surface area contributed by atoms with Gasteiger partial charge in [0, 0.05) is 24.1 Å². The van der Waals surface area contributed by atoms with Crippen LogP contribution in [0.2, 0.25) is 0 Å². The molecule has 3 aromatic rings. The van der Waals surface area contributed by atoms with Gasteiger partial charge in [0.1, 0.15) is 0 Å². The molecule has 24 heavy (non-hydrogen) atoms. The summed E-state index contributed by atoms with van der Waals surface area (Å²) < 4.78 is 9.59. The fraction of sp³-hybridized carbons (Fsp3) is 0.214. The summed E-state index contributed by atoms with van der Waals surface area (Å²) in [6.45, 7) is 2.23. The molecule has 0 saturated heterocycles. The van der Waals surface area contributed by atoms with E-state index >= 15 is 0 Å². The Balaban J connectivity index is 1.89. The largest absolute Gasteiger partial charge is 0.404 e. The van der Waals surface area contributed by atoms with E-state index in [0.29, 0.717) is 28.1 Å². The predicted octanol–water partition coefficient (Wildman–Crippen LogP) is 1.16. The van der Waals surface area contributed by atoms with Crippen LogP contribution in [0.3, 0.4) is 0 Å². The standard InChI is InChI=1S/C14H13BrN6O3/c1-3-20-14(23)21(18-17-20)9-4-5-10(11(15)8-9)13(22)24-12-6-7-16-19(12)2/h4-8H,3H2,1-2H3. The first-order valence-electron chi connectivity index (χ1n) is 7.04. The Morgan fingerprint density at radius 2 is 2.08 bits per heavy atom. The molecule has 2 aromatic heterocycles. The van der Waals surface area contributed by atoms with E-state index in [4.69, 9.17) is 4.74 Å². The minimum absolute atomic E-state index is 0.316. The molecule has 1 aromatic carbocycles. The van der Waals surface area contributed by atoms with Crippen LogP contribution in [0, 0.1) is 0 Å². The lowest BCUT2D eigenvalue weighted by Gasteiger charge is -2.07. The molecule has 0 atom stereocenters. The molecule has 0 saturated carbocycles. The van der Waals surface area contributed by atoms with Crippen LogP contribution in [-0.2, 0) is 13.6 Å². The van der Waals surface area contributed by atoms with Crippen LogP contribution < -0.4 is 10.4 Å². The number of nitrogens with zero attached hydrogens (tertiary/aromatic N) is 6. The van der Waals surface area contributed by atoms with Crippen molar-refractivity contribution < 1.29 is 9.53 Å². The number of aryl methyl sites for hydroxylation is 2. The SMILES string of the molecule is CCn1nnn(-c2ccc(C(=O)Oc3ccnn3C)c(Br)c2)c1=O. The molecular weight excluding hydrogens is 380 g/mol. The van der Waals surface area contributed by atoms with E-state index in [1.54, 1.807) is 38.2 Å². The number of carbonyl (C=O) groups excluding carboxylic acids is 1. The molecule has 0 unspecified atom stereocenters. The van der Waals surface area contributed by atoms with Crippen molar-refractivity contribution in [3.63, 3.8) is 0 Å². The van der Waals surface area contributed by atoms with Crippen LogP contribution in [0.1, 0.15) is 17.3 Å². The van der Waals surface area contributed by atoms with E-state index in [-0.39, 0.29) is 5.69 Å². The van der Waals surface area contributed by atoms with Gasteiger partial charge in [0.15, 0.2) is 0 Å². The van der Waals surface area contributed by atoms with E-state index in [1.165, 1.54) is 15.6 Å². The van der Waals surface area contributed by atoms with Crippen molar-refractivity contribution in [1.29, 1.82) is 0 Å². The average molecular weight is 393 g/mol. The molecule has 0 spiro atoms. The fourth-order valence-electron chi connectivity index (χ4n) is 2.05. The summed E-state index contributed by atoms with van der Waals surface area (Å²) in [5.41, 5.74) is 0.453. The first-order chi connectivity index (χ1) is 11.5. The molecule has 124 valence electrons. The maximum Gasteiger partial charge on any atom is 0.368 e. The second-order valence-electron chi connectivity index (χ2n) is 4.84. The summed E-state index contributed by atoms with van der Waals surface area (Å²) in [5.74, 6) is -0.209. The van der Waals surface area contributed by atoms with Crippen molar-refractivity contribution in [3.05, 3.63) is 51.0 Å². The Bertz CT molecular complexity index is 958. The van der Waals surface area contributed by atoms with E-state index in [1.807, 2.05) is 0 Å². The van der Waals surface area contributed by atoms with Gasteiger partial charge in [0.05, 0.1) is 17.4 Å². The van der Waals surface area contributed by atoms with Gasteiger partial charge in [0.2, 0.25) is 5.88 Å². The third-order valence-corrected chi connectivity index (χ3v) is 3.99. The molecule has 9 nitrogen and oxygen atoms in total. The Hall–Kier alpha value is -2.75. The minimum Gasteiger partial charge on any atom is -0.404 e. The van der Waals surface area contributed by atoms with E-state index in [2.05, 4.69) is 31.5 Å². The molecule has 0 fully saturated rings. The van der Waals surface area contributed by atoms with Crippen molar-refractivity contribution in [3.8, 4) is 11.6 Å². The van der Waals surface area contributed by atoms with Crippen LogP contribution >= 0.6 is 15.9 Å². The number of tetrazole rings is 1. The Morgan fingerprint density at radius 3 is 2.67 bits per heavy atom. The van der Waals surface area contributed by atoms with Crippen LogP contribution in [0.4, 0.5) is 0 Å². The number of carbonyl (C=O) groups is 1. The smallest absolute Gasteiger partial charge is 0.368 e. The normalized spacial score (nSPS) is 10.8. The van der Waals surface area contributed by atoms with Gasteiger partial charge in [-0.3, -0.25) is 0 Å². The highest BCUT2D eigenvalue weighted by molar-refractivity contribution is 9.10. The Kier molecular flexibility index (Phi) is 4.30.